The Balaban J connectivity index is 1.65. The maximum absolute atomic E-state index is 4.30. The molecule has 1 aromatic heterocycles. The number of piperidine rings is 1. The summed E-state index contributed by atoms with van der Waals surface area (Å²) in [5.41, 5.74) is 0. The highest BCUT2D eigenvalue weighted by Gasteiger charge is 2.12. The van der Waals surface area contributed by atoms with Crippen molar-refractivity contribution in [2.45, 2.75) is 19.3 Å². The van der Waals surface area contributed by atoms with Crippen molar-refractivity contribution in [2.24, 2.45) is 5.92 Å². The monoisotopic (exact) mass is 289 g/mol. The van der Waals surface area contributed by atoms with Crippen LogP contribution in [0.2, 0.25) is 0 Å². The molecular formula is C10H16BrN3S. The summed E-state index contributed by atoms with van der Waals surface area (Å²) in [6.07, 6.45) is 3.94. The van der Waals surface area contributed by atoms with Gasteiger partial charge in [0.2, 0.25) is 0 Å². The van der Waals surface area contributed by atoms with Crippen molar-refractivity contribution in [1.29, 1.82) is 0 Å². The largest absolute Gasteiger partial charge is 0.361 e. The molecule has 1 aliphatic heterocycles. The highest BCUT2D eigenvalue weighted by atomic mass is 79.9. The van der Waals surface area contributed by atoms with Crippen LogP contribution in [0.5, 0.6) is 0 Å². The van der Waals surface area contributed by atoms with Gasteiger partial charge in [-0.25, -0.2) is 4.98 Å². The first kappa shape index (κ1) is 11.4. The average molecular weight is 290 g/mol. The van der Waals surface area contributed by atoms with Gasteiger partial charge in [-0.1, -0.05) is 0 Å². The maximum Gasteiger partial charge on any atom is 0.183 e. The number of halogens is 1. The van der Waals surface area contributed by atoms with Gasteiger partial charge < -0.3 is 10.6 Å². The van der Waals surface area contributed by atoms with E-state index in [2.05, 4.69) is 31.5 Å². The molecule has 0 bridgehead atoms. The Bertz CT molecular complexity index is 297. The summed E-state index contributed by atoms with van der Waals surface area (Å²) < 4.78 is 0.925. The Hall–Kier alpha value is -0.130. The van der Waals surface area contributed by atoms with Crippen molar-refractivity contribution >= 4 is 32.4 Å². The quantitative estimate of drug-likeness (QED) is 0.895. The molecule has 0 aromatic carbocycles. The molecule has 3 nitrogen and oxygen atoms in total. The summed E-state index contributed by atoms with van der Waals surface area (Å²) >= 11 is 5.00. The Labute approximate surface area is 103 Å². The number of thiazole rings is 1. The zero-order chi connectivity index (χ0) is 10.5. The first-order chi connectivity index (χ1) is 7.34. The van der Waals surface area contributed by atoms with Gasteiger partial charge in [0.05, 0.1) is 0 Å². The van der Waals surface area contributed by atoms with E-state index in [0.29, 0.717) is 0 Å². The van der Waals surface area contributed by atoms with Gasteiger partial charge in [0.25, 0.3) is 0 Å². The van der Waals surface area contributed by atoms with Gasteiger partial charge in [0, 0.05) is 11.9 Å². The van der Waals surface area contributed by atoms with Crippen LogP contribution in [-0.4, -0.2) is 24.6 Å². The van der Waals surface area contributed by atoms with Crippen molar-refractivity contribution in [2.75, 3.05) is 25.0 Å². The summed E-state index contributed by atoms with van der Waals surface area (Å²) in [4.78, 5) is 4.30. The van der Waals surface area contributed by atoms with Gasteiger partial charge in [-0.15, -0.1) is 11.3 Å². The van der Waals surface area contributed by atoms with E-state index in [0.717, 1.165) is 22.2 Å². The van der Waals surface area contributed by atoms with Crippen LogP contribution in [0, 0.1) is 5.92 Å². The highest BCUT2D eigenvalue weighted by molar-refractivity contribution is 9.10. The molecule has 1 saturated heterocycles. The van der Waals surface area contributed by atoms with Crippen molar-refractivity contribution in [3.05, 3.63) is 9.98 Å². The fourth-order valence-corrected chi connectivity index (χ4v) is 3.06. The second-order valence-corrected chi connectivity index (χ2v) is 5.57. The predicted octanol–water partition coefficient (Wildman–Crippen LogP) is 2.71. The van der Waals surface area contributed by atoms with Crippen LogP contribution in [0.25, 0.3) is 0 Å². The van der Waals surface area contributed by atoms with E-state index in [-0.39, 0.29) is 0 Å². The van der Waals surface area contributed by atoms with E-state index in [9.17, 15) is 0 Å². The zero-order valence-corrected chi connectivity index (χ0v) is 11.0. The molecule has 84 valence electrons. The van der Waals surface area contributed by atoms with Crippen molar-refractivity contribution in [1.82, 2.24) is 10.3 Å². The summed E-state index contributed by atoms with van der Waals surface area (Å²) in [5.74, 6) is 0.842. The molecule has 15 heavy (non-hydrogen) atoms. The van der Waals surface area contributed by atoms with E-state index >= 15 is 0 Å². The van der Waals surface area contributed by atoms with Crippen molar-refractivity contribution in [3.63, 3.8) is 0 Å². The minimum Gasteiger partial charge on any atom is -0.361 e. The molecule has 1 aliphatic rings. The van der Waals surface area contributed by atoms with Crippen LogP contribution >= 0.6 is 27.3 Å². The summed E-state index contributed by atoms with van der Waals surface area (Å²) in [6.45, 7) is 3.42. The molecule has 2 rings (SSSR count). The predicted molar refractivity (Wildman–Crippen MR) is 68.5 cm³/mol. The number of anilines is 1. The van der Waals surface area contributed by atoms with E-state index < -0.39 is 0 Å². The summed E-state index contributed by atoms with van der Waals surface area (Å²) in [7, 11) is 0. The third-order valence-electron chi connectivity index (χ3n) is 2.70. The molecule has 2 heterocycles. The fourth-order valence-electron chi connectivity index (χ4n) is 1.89. The van der Waals surface area contributed by atoms with Crippen LogP contribution < -0.4 is 10.6 Å². The number of nitrogens with zero attached hydrogens (tertiary/aromatic N) is 1. The second kappa shape index (κ2) is 5.82. The maximum atomic E-state index is 4.30. The van der Waals surface area contributed by atoms with Gasteiger partial charge in [0.15, 0.2) is 5.13 Å². The molecule has 5 heteroatoms. The third-order valence-corrected chi connectivity index (χ3v) is 4.21. The number of hydrogen-bond acceptors (Lipinski definition) is 4. The number of aromatic nitrogens is 1. The lowest BCUT2D eigenvalue weighted by molar-refractivity contribution is 0.364. The van der Waals surface area contributed by atoms with Crippen LogP contribution in [0.15, 0.2) is 9.98 Å². The second-order valence-electron chi connectivity index (χ2n) is 3.90. The molecule has 0 aliphatic carbocycles. The van der Waals surface area contributed by atoms with E-state index in [1.807, 2.05) is 5.38 Å². The minimum absolute atomic E-state index is 0.842. The smallest absolute Gasteiger partial charge is 0.183 e. The summed E-state index contributed by atoms with van der Waals surface area (Å²) in [6, 6.07) is 0. The lowest BCUT2D eigenvalue weighted by Gasteiger charge is -2.22. The van der Waals surface area contributed by atoms with Crippen LogP contribution in [0.3, 0.4) is 0 Å². The summed E-state index contributed by atoms with van der Waals surface area (Å²) in [5, 5.41) is 9.83. The molecule has 1 unspecified atom stereocenters. The Kier molecular flexibility index (Phi) is 4.41. The Morgan fingerprint density at radius 1 is 1.67 bits per heavy atom. The molecule has 2 N–H and O–H groups in total. The van der Waals surface area contributed by atoms with Gasteiger partial charge in [-0.3, -0.25) is 0 Å². The fraction of sp³-hybridized carbons (Fsp3) is 0.700. The Morgan fingerprint density at radius 2 is 2.60 bits per heavy atom. The standard InChI is InChI=1S/C10H16BrN3S/c11-9-7-15-10(14-9)13-5-3-8-2-1-4-12-6-8/h7-8,12H,1-6H2,(H,13,14). The van der Waals surface area contributed by atoms with Gasteiger partial charge in [0.1, 0.15) is 4.60 Å². The molecule has 0 amide bonds. The first-order valence-electron chi connectivity index (χ1n) is 5.40. The molecular weight excluding hydrogens is 274 g/mol. The van der Waals surface area contributed by atoms with Crippen molar-refractivity contribution in [3.8, 4) is 0 Å². The number of hydrogen-bond donors (Lipinski definition) is 2. The molecule has 1 aromatic rings. The minimum atomic E-state index is 0.842. The molecule has 1 atom stereocenters. The molecule has 0 radical (unpaired) electrons. The molecule has 1 fully saturated rings. The van der Waals surface area contributed by atoms with Gasteiger partial charge >= 0.3 is 0 Å². The third kappa shape index (κ3) is 3.74. The zero-order valence-electron chi connectivity index (χ0n) is 8.63. The van der Waals surface area contributed by atoms with E-state index in [1.54, 1.807) is 11.3 Å². The highest BCUT2D eigenvalue weighted by Crippen LogP contribution is 2.20. The van der Waals surface area contributed by atoms with Crippen LogP contribution in [0.1, 0.15) is 19.3 Å². The van der Waals surface area contributed by atoms with E-state index in [4.69, 9.17) is 0 Å². The average Bonchev–Trinajstić information content (AvgIpc) is 2.66. The molecule has 0 spiro atoms. The van der Waals surface area contributed by atoms with Gasteiger partial charge in [-0.05, 0) is 54.2 Å². The van der Waals surface area contributed by atoms with Crippen molar-refractivity contribution < 1.29 is 0 Å². The van der Waals surface area contributed by atoms with Gasteiger partial charge in [-0.2, -0.15) is 0 Å². The number of rotatable bonds is 4. The SMILES string of the molecule is Brc1csc(NCCC2CCCNC2)n1. The lowest BCUT2D eigenvalue weighted by atomic mass is 9.96. The molecule has 0 saturated carbocycles. The van der Waals surface area contributed by atoms with Crippen LogP contribution in [-0.2, 0) is 0 Å². The topological polar surface area (TPSA) is 37.0 Å². The lowest BCUT2D eigenvalue weighted by Crippen LogP contribution is -2.30. The normalized spacial score (nSPS) is 21.5. The van der Waals surface area contributed by atoms with E-state index in [1.165, 1.54) is 32.4 Å². The first-order valence-corrected chi connectivity index (χ1v) is 7.07. The Morgan fingerprint density at radius 3 is 3.27 bits per heavy atom. The number of nitrogens with one attached hydrogen (secondary N) is 2. The van der Waals surface area contributed by atoms with Crippen LogP contribution in [0.4, 0.5) is 5.13 Å².